The monoisotopic (exact) mass is 531 g/mol. The zero-order valence-corrected chi connectivity index (χ0v) is 20.2. The first-order valence-corrected chi connectivity index (χ1v) is 11.5. The number of hydrogen-bond donors (Lipinski definition) is 0. The van der Waals surface area contributed by atoms with Crippen molar-refractivity contribution in [2.45, 2.75) is 70.8 Å². The molecule has 3 rings (SSSR count). The zero-order chi connectivity index (χ0) is 24.4. The molecule has 33 heavy (non-hydrogen) atoms. The summed E-state index contributed by atoms with van der Waals surface area (Å²) in [7, 11) is 0. The van der Waals surface area contributed by atoms with Crippen molar-refractivity contribution in [3.8, 4) is 5.75 Å². The molecular weight excluding hydrogens is 506 g/mol. The van der Waals surface area contributed by atoms with E-state index in [9.17, 15) is 22.4 Å². The second-order valence-electron chi connectivity index (χ2n) is 9.34. The maximum atomic E-state index is 14.4. The second-order valence-corrected chi connectivity index (χ2v) is 10.2. The highest BCUT2D eigenvalue weighted by Crippen LogP contribution is 2.43. The van der Waals surface area contributed by atoms with Crippen LogP contribution in [0.4, 0.5) is 17.6 Å². The molecule has 0 spiro atoms. The third-order valence-corrected chi connectivity index (χ3v) is 6.02. The van der Waals surface area contributed by atoms with Gasteiger partial charge in [-0.1, -0.05) is 12.1 Å². The van der Waals surface area contributed by atoms with E-state index >= 15 is 0 Å². The van der Waals surface area contributed by atoms with Crippen LogP contribution in [-0.4, -0.2) is 22.7 Å². The SMILES string of the molecule is CC(C)(C)OC(=O)C1(Cc2cccc(Br)n2)CCC(Oc2cccc(C(F)(F)F)c2F)CC1. The third-order valence-electron chi connectivity index (χ3n) is 5.58. The summed E-state index contributed by atoms with van der Waals surface area (Å²) in [5, 5.41) is 0. The molecule has 0 N–H and O–H groups in total. The predicted molar refractivity (Wildman–Crippen MR) is 118 cm³/mol. The lowest BCUT2D eigenvalue weighted by atomic mass is 9.70. The van der Waals surface area contributed by atoms with Crippen LogP contribution in [0.15, 0.2) is 41.0 Å². The molecule has 0 aliphatic heterocycles. The summed E-state index contributed by atoms with van der Waals surface area (Å²) in [6.07, 6.45) is -3.49. The van der Waals surface area contributed by atoms with Crippen molar-refractivity contribution in [1.82, 2.24) is 4.98 Å². The van der Waals surface area contributed by atoms with Gasteiger partial charge in [-0.25, -0.2) is 9.37 Å². The van der Waals surface area contributed by atoms with Crippen molar-refractivity contribution < 1.29 is 31.8 Å². The number of nitrogens with zero attached hydrogens (tertiary/aromatic N) is 1. The molecule has 1 heterocycles. The van der Waals surface area contributed by atoms with Gasteiger partial charge in [0.1, 0.15) is 10.2 Å². The van der Waals surface area contributed by atoms with Gasteiger partial charge in [-0.3, -0.25) is 4.79 Å². The molecule has 1 aliphatic carbocycles. The molecule has 0 unspecified atom stereocenters. The van der Waals surface area contributed by atoms with Gasteiger partial charge in [0.15, 0.2) is 11.6 Å². The molecule has 1 fully saturated rings. The van der Waals surface area contributed by atoms with Crippen LogP contribution in [0.1, 0.15) is 57.7 Å². The van der Waals surface area contributed by atoms with Crippen LogP contribution in [0, 0.1) is 11.2 Å². The lowest BCUT2D eigenvalue weighted by Crippen LogP contribution is -2.44. The Morgan fingerprint density at radius 1 is 1.12 bits per heavy atom. The highest BCUT2D eigenvalue weighted by atomic mass is 79.9. The average molecular weight is 532 g/mol. The quantitative estimate of drug-likeness (QED) is 0.239. The lowest BCUT2D eigenvalue weighted by Gasteiger charge is -2.39. The molecule has 0 amide bonds. The van der Waals surface area contributed by atoms with Crippen LogP contribution in [0.3, 0.4) is 0 Å². The molecule has 1 aromatic carbocycles. The number of carbonyl (C=O) groups excluding carboxylic acids is 1. The molecule has 4 nitrogen and oxygen atoms in total. The number of rotatable bonds is 5. The second kappa shape index (κ2) is 9.60. The smallest absolute Gasteiger partial charge is 0.419 e. The van der Waals surface area contributed by atoms with Gasteiger partial charge in [0.2, 0.25) is 0 Å². The summed E-state index contributed by atoms with van der Waals surface area (Å²) in [6.45, 7) is 5.38. The summed E-state index contributed by atoms with van der Waals surface area (Å²) in [5.74, 6) is -2.21. The van der Waals surface area contributed by atoms with E-state index in [1.54, 1.807) is 26.8 Å². The van der Waals surface area contributed by atoms with Crippen LogP contribution in [0.25, 0.3) is 0 Å². The first-order valence-electron chi connectivity index (χ1n) is 10.7. The van der Waals surface area contributed by atoms with Gasteiger partial charge in [-0.15, -0.1) is 0 Å². The van der Waals surface area contributed by atoms with Crippen molar-refractivity contribution in [1.29, 1.82) is 0 Å². The van der Waals surface area contributed by atoms with Gasteiger partial charge in [0, 0.05) is 12.1 Å². The van der Waals surface area contributed by atoms with Crippen molar-refractivity contribution >= 4 is 21.9 Å². The van der Waals surface area contributed by atoms with E-state index in [2.05, 4.69) is 20.9 Å². The summed E-state index contributed by atoms with van der Waals surface area (Å²) < 4.78 is 65.4. The summed E-state index contributed by atoms with van der Waals surface area (Å²) in [4.78, 5) is 17.7. The highest BCUT2D eigenvalue weighted by Gasteiger charge is 2.45. The minimum atomic E-state index is -4.81. The predicted octanol–water partition coefficient (Wildman–Crippen LogP) is 6.89. The lowest BCUT2D eigenvalue weighted by molar-refractivity contribution is -0.171. The van der Waals surface area contributed by atoms with E-state index in [1.165, 1.54) is 6.07 Å². The van der Waals surface area contributed by atoms with Crippen molar-refractivity contribution in [3.63, 3.8) is 0 Å². The largest absolute Gasteiger partial charge is 0.487 e. The first-order chi connectivity index (χ1) is 15.3. The van der Waals surface area contributed by atoms with Gasteiger partial charge >= 0.3 is 12.1 Å². The molecule has 2 aromatic rings. The maximum absolute atomic E-state index is 14.4. The average Bonchev–Trinajstić information content (AvgIpc) is 2.69. The minimum absolute atomic E-state index is 0.347. The molecule has 0 radical (unpaired) electrons. The highest BCUT2D eigenvalue weighted by molar-refractivity contribution is 9.10. The Hall–Kier alpha value is -2.16. The summed E-state index contributed by atoms with van der Waals surface area (Å²) in [5.41, 5.74) is -2.17. The number of ether oxygens (including phenoxy) is 2. The Morgan fingerprint density at radius 3 is 2.33 bits per heavy atom. The van der Waals surface area contributed by atoms with Gasteiger partial charge < -0.3 is 9.47 Å². The Morgan fingerprint density at radius 2 is 1.76 bits per heavy atom. The minimum Gasteiger partial charge on any atom is -0.487 e. The molecule has 1 aliphatic rings. The van der Waals surface area contributed by atoms with E-state index in [4.69, 9.17) is 9.47 Å². The number of halogens is 5. The van der Waals surface area contributed by atoms with Crippen molar-refractivity contribution in [3.05, 3.63) is 58.1 Å². The fourth-order valence-electron chi connectivity index (χ4n) is 4.00. The van der Waals surface area contributed by atoms with Crippen LogP contribution in [0.2, 0.25) is 0 Å². The first kappa shape index (κ1) is 25.5. The normalized spacial score (nSPS) is 21.5. The van der Waals surface area contributed by atoms with Crippen LogP contribution in [0.5, 0.6) is 5.75 Å². The van der Waals surface area contributed by atoms with Crippen LogP contribution < -0.4 is 4.74 Å². The number of hydrogen-bond acceptors (Lipinski definition) is 4. The Bertz CT molecular complexity index is 996. The number of aromatic nitrogens is 1. The number of esters is 1. The van der Waals surface area contributed by atoms with E-state index in [1.807, 2.05) is 12.1 Å². The van der Waals surface area contributed by atoms with Crippen molar-refractivity contribution in [2.24, 2.45) is 5.41 Å². The molecule has 1 saturated carbocycles. The Labute approximate surface area is 198 Å². The molecule has 9 heteroatoms. The molecule has 0 atom stereocenters. The number of carbonyl (C=O) groups is 1. The zero-order valence-electron chi connectivity index (χ0n) is 18.6. The fourth-order valence-corrected chi connectivity index (χ4v) is 4.38. The van der Waals surface area contributed by atoms with Gasteiger partial charge in [0.05, 0.1) is 17.1 Å². The molecule has 0 saturated heterocycles. The molecular formula is C24H26BrF4NO3. The Kier molecular flexibility index (Phi) is 7.41. The van der Waals surface area contributed by atoms with Crippen LogP contribution in [-0.2, 0) is 22.1 Å². The summed E-state index contributed by atoms with van der Waals surface area (Å²) >= 11 is 3.34. The number of alkyl halides is 3. The maximum Gasteiger partial charge on any atom is 0.419 e. The standard InChI is InChI=1S/C24H26BrF4NO3/c1-22(2,3)33-21(31)23(14-15-6-4-9-19(25)30-15)12-10-16(11-13-23)32-18-8-5-7-17(20(18)26)24(27,28)29/h4-9,16H,10-14H2,1-3H3. The van der Waals surface area contributed by atoms with E-state index < -0.39 is 40.4 Å². The fraction of sp³-hybridized carbons (Fsp3) is 0.500. The molecule has 180 valence electrons. The van der Waals surface area contributed by atoms with Gasteiger partial charge in [-0.05, 0) is 86.6 Å². The number of benzene rings is 1. The van der Waals surface area contributed by atoms with Crippen molar-refractivity contribution in [2.75, 3.05) is 0 Å². The molecule has 1 aromatic heterocycles. The van der Waals surface area contributed by atoms with Gasteiger partial charge in [0.25, 0.3) is 0 Å². The molecule has 0 bridgehead atoms. The topological polar surface area (TPSA) is 48.4 Å². The van der Waals surface area contributed by atoms with E-state index in [-0.39, 0.29) is 5.97 Å². The Balaban J connectivity index is 1.78. The number of pyridine rings is 1. The third kappa shape index (κ3) is 6.46. The van der Waals surface area contributed by atoms with Crippen LogP contribution >= 0.6 is 15.9 Å². The van der Waals surface area contributed by atoms with E-state index in [0.717, 1.165) is 11.8 Å². The van der Waals surface area contributed by atoms with Gasteiger partial charge in [-0.2, -0.15) is 13.2 Å². The summed E-state index contributed by atoms with van der Waals surface area (Å²) in [6, 6.07) is 8.44. The van der Waals surface area contributed by atoms with E-state index in [0.29, 0.717) is 42.8 Å².